The standard InChI is InChI=1S/C14H15NOS/c1-11-2-6-13(7-3-11)17(16)14-8-4-12(10-15)5-9-14/h2-3,6-8,12H,4-5,9H2,1H3. The van der Waals surface area contributed by atoms with Crippen molar-refractivity contribution < 1.29 is 4.21 Å². The van der Waals surface area contributed by atoms with E-state index < -0.39 is 10.8 Å². The molecule has 1 aliphatic carbocycles. The lowest BCUT2D eigenvalue weighted by Crippen LogP contribution is -2.07. The van der Waals surface area contributed by atoms with Gasteiger partial charge in [-0.15, -0.1) is 0 Å². The highest BCUT2D eigenvalue weighted by Gasteiger charge is 2.18. The normalized spacial score (nSPS) is 21.4. The van der Waals surface area contributed by atoms with Crippen LogP contribution in [0.5, 0.6) is 0 Å². The molecule has 2 nitrogen and oxygen atoms in total. The van der Waals surface area contributed by atoms with E-state index in [4.69, 9.17) is 5.26 Å². The van der Waals surface area contributed by atoms with Crippen LogP contribution in [0.25, 0.3) is 0 Å². The second-order valence-electron chi connectivity index (χ2n) is 4.35. The first kappa shape index (κ1) is 12.1. The van der Waals surface area contributed by atoms with Gasteiger partial charge >= 0.3 is 0 Å². The number of hydrogen-bond donors (Lipinski definition) is 0. The van der Waals surface area contributed by atoms with Crippen molar-refractivity contribution in [2.45, 2.75) is 31.1 Å². The van der Waals surface area contributed by atoms with Crippen LogP contribution in [0, 0.1) is 24.2 Å². The average Bonchev–Trinajstić information content (AvgIpc) is 2.39. The summed E-state index contributed by atoms with van der Waals surface area (Å²) in [5, 5.41) is 8.81. The lowest BCUT2D eigenvalue weighted by Gasteiger charge is -2.16. The third-order valence-electron chi connectivity index (χ3n) is 3.03. The van der Waals surface area contributed by atoms with E-state index in [9.17, 15) is 4.21 Å². The molecule has 3 heteroatoms. The summed E-state index contributed by atoms with van der Waals surface area (Å²) < 4.78 is 12.3. The first-order valence-electron chi connectivity index (χ1n) is 5.78. The molecule has 17 heavy (non-hydrogen) atoms. The Kier molecular flexibility index (Phi) is 3.75. The van der Waals surface area contributed by atoms with E-state index in [2.05, 4.69) is 6.07 Å². The SMILES string of the molecule is Cc1ccc(S(=O)C2=CCC(C#N)CC2)cc1. The van der Waals surface area contributed by atoms with Gasteiger partial charge in [-0.2, -0.15) is 5.26 Å². The Morgan fingerprint density at radius 3 is 2.59 bits per heavy atom. The minimum Gasteiger partial charge on any atom is -0.249 e. The van der Waals surface area contributed by atoms with Crippen LogP contribution >= 0.6 is 0 Å². The van der Waals surface area contributed by atoms with Gasteiger partial charge in [0.05, 0.1) is 22.8 Å². The van der Waals surface area contributed by atoms with Gasteiger partial charge in [-0.1, -0.05) is 23.8 Å². The molecule has 0 fully saturated rings. The maximum absolute atomic E-state index is 12.3. The Labute approximate surface area is 104 Å². The monoisotopic (exact) mass is 245 g/mol. The lowest BCUT2D eigenvalue weighted by molar-refractivity contribution is 0.588. The van der Waals surface area contributed by atoms with Crippen molar-refractivity contribution in [3.05, 3.63) is 40.8 Å². The second-order valence-corrected chi connectivity index (χ2v) is 5.89. The molecule has 0 spiro atoms. The minimum atomic E-state index is -1.04. The second kappa shape index (κ2) is 5.29. The molecule has 2 unspecified atom stereocenters. The predicted octanol–water partition coefficient (Wildman–Crippen LogP) is 3.31. The topological polar surface area (TPSA) is 40.9 Å². The van der Waals surface area contributed by atoms with Crippen LogP contribution in [-0.2, 0) is 10.8 Å². The van der Waals surface area contributed by atoms with Crippen molar-refractivity contribution in [2.75, 3.05) is 0 Å². The first-order chi connectivity index (χ1) is 8.20. The van der Waals surface area contributed by atoms with Crippen molar-refractivity contribution in [1.82, 2.24) is 0 Å². The smallest absolute Gasteiger partial charge is 0.0805 e. The van der Waals surface area contributed by atoms with E-state index in [0.29, 0.717) is 0 Å². The van der Waals surface area contributed by atoms with E-state index in [1.807, 2.05) is 37.3 Å². The Hall–Kier alpha value is -1.40. The summed E-state index contributed by atoms with van der Waals surface area (Å²) in [6, 6.07) is 10.1. The number of nitriles is 1. The summed E-state index contributed by atoms with van der Waals surface area (Å²) in [5.41, 5.74) is 1.17. The van der Waals surface area contributed by atoms with Crippen molar-refractivity contribution >= 4 is 10.8 Å². The van der Waals surface area contributed by atoms with E-state index in [1.165, 1.54) is 5.56 Å². The number of nitrogens with zero attached hydrogens (tertiary/aromatic N) is 1. The molecular weight excluding hydrogens is 230 g/mol. The quantitative estimate of drug-likeness (QED) is 0.802. The summed E-state index contributed by atoms with van der Waals surface area (Å²) in [6.45, 7) is 2.02. The van der Waals surface area contributed by atoms with Crippen LogP contribution in [-0.4, -0.2) is 4.21 Å². The molecule has 0 aliphatic heterocycles. The fourth-order valence-electron chi connectivity index (χ4n) is 1.91. The molecule has 1 aromatic rings. The van der Waals surface area contributed by atoms with Crippen molar-refractivity contribution in [2.24, 2.45) is 5.92 Å². The van der Waals surface area contributed by atoms with Gasteiger partial charge in [0, 0.05) is 9.80 Å². The van der Waals surface area contributed by atoms with Crippen LogP contribution in [0.3, 0.4) is 0 Å². The van der Waals surface area contributed by atoms with Gasteiger partial charge < -0.3 is 0 Å². The lowest BCUT2D eigenvalue weighted by atomic mass is 9.96. The van der Waals surface area contributed by atoms with Gasteiger partial charge in [-0.3, -0.25) is 0 Å². The summed E-state index contributed by atoms with van der Waals surface area (Å²) in [5.74, 6) is 0.105. The van der Waals surface area contributed by atoms with Crippen molar-refractivity contribution in [3.8, 4) is 6.07 Å². The molecule has 0 saturated heterocycles. The van der Waals surface area contributed by atoms with Gasteiger partial charge in [0.25, 0.3) is 0 Å². The molecule has 1 aliphatic rings. The first-order valence-corrected chi connectivity index (χ1v) is 6.93. The van der Waals surface area contributed by atoms with Gasteiger partial charge in [0.1, 0.15) is 0 Å². The summed E-state index contributed by atoms with van der Waals surface area (Å²) in [6.07, 6.45) is 4.33. The fraction of sp³-hybridized carbons (Fsp3) is 0.357. The van der Waals surface area contributed by atoms with Gasteiger partial charge in [0.15, 0.2) is 0 Å². The molecule has 0 radical (unpaired) electrons. The summed E-state index contributed by atoms with van der Waals surface area (Å²) in [4.78, 5) is 1.83. The van der Waals surface area contributed by atoms with E-state index in [1.54, 1.807) is 0 Å². The number of aryl methyl sites for hydroxylation is 1. The van der Waals surface area contributed by atoms with Gasteiger partial charge in [-0.25, -0.2) is 4.21 Å². The number of allylic oxidation sites excluding steroid dienone is 2. The number of rotatable bonds is 2. The molecule has 0 aromatic heterocycles. The third-order valence-corrected chi connectivity index (χ3v) is 4.57. The maximum Gasteiger partial charge on any atom is 0.0805 e. The molecule has 0 N–H and O–H groups in total. The minimum absolute atomic E-state index is 0.105. The van der Waals surface area contributed by atoms with Crippen molar-refractivity contribution in [3.63, 3.8) is 0 Å². The molecule has 0 bridgehead atoms. The zero-order chi connectivity index (χ0) is 12.3. The maximum atomic E-state index is 12.3. The van der Waals surface area contributed by atoms with E-state index in [-0.39, 0.29) is 5.92 Å². The van der Waals surface area contributed by atoms with Crippen molar-refractivity contribution in [1.29, 1.82) is 5.26 Å². The molecule has 0 amide bonds. The number of hydrogen-bond acceptors (Lipinski definition) is 2. The summed E-state index contributed by atoms with van der Waals surface area (Å²) in [7, 11) is -1.04. The Balaban J connectivity index is 2.14. The highest BCUT2D eigenvalue weighted by Crippen LogP contribution is 2.27. The molecular formula is C14H15NOS. The van der Waals surface area contributed by atoms with Crippen LogP contribution in [0.1, 0.15) is 24.8 Å². The molecule has 2 atom stereocenters. The zero-order valence-corrected chi connectivity index (χ0v) is 10.7. The Bertz CT molecular complexity index is 496. The molecule has 0 heterocycles. The van der Waals surface area contributed by atoms with Crippen LogP contribution < -0.4 is 0 Å². The Morgan fingerprint density at radius 1 is 1.35 bits per heavy atom. The largest absolute Gasteiger partial charge is 0.249 e. The van der Waals surface area contributed by atoms with Crippen LogP contribution in [0.2, 0.25) is 0 Å². The molecule has 0 saturated carbocycles. The van der Waals surface area contributed by atoms with E-state index in [0.717, 1.165) is 29.1 Å². The van der Waals surface area contributed by atoms with Gasteiger partial charge in [-0.05, 0) is 38.3 Å². The molecule has 1 aromatic carbocycles. The number of benzene rings is 1. The molecule has 2 rings (SSSR count). The predicted molar refractivity (Wildman–Crippen MR) is 68.6 cm³/mol. The highest BCUT2D eigenvalue weighted by molar-refractivity contribution is 7.89. The molecule has 88 valence electrons. The average molecular weight is 245 g/mol. The zero-order valence-electron chi connectivity index (χ0n) is 9.85. The van der Waals surface area contributed by atoms with Crippen LogP contribution in [0.4, 0.5) is 0 Å². The summed E-state index contributed by atoms with van der Waals surface area (Å²) >= 11 is 0. The van der Waals surface area contributed by atoms with Gasteiger partial charge in [0.2, 0.25) is 0 Å². The van der Waals surface area contributed by atoms with E-state index >= 15 is 0 Å². The third kappa shape index (κ3) is 2.83. The Morgan fingerprint density at radius 2 is 2.06 bits per heavy atom. The fourth-order valence-corrected chi connectivity index (χ4v) is 3.15. The highest BCUT2D eigenvalue weighted by atomic mass is 32.2. The van der Waals surface area contributed by atoms with Crippen LogP contribution in [0.15, 0.2) is 40.1 Å².